The van der Waals surface area contributed by atoms with E-state index in [1.807, 2.05) is 18.3 Å². The first-order chi connectivity index (χ1) is 8.61. The molecule has 18 heavy (non-hydrogen) atoms. The maximum atomic E-state index is 8.87. The molecular formula is C13H20N4O. The van der Waals surface area contributed by atoms with Crippen molar-refractivity contribution in [3.63, 3.8) is 0 Å². The van der Waals surface area contributed by atoms with Crippen molar-refractivity contribution in [2.24, 2.45) is 5.41 Å². The minimum absolute atomic E-state index is 0.150. The minimum atomic E-state index is 0.150. The second kappa shape index (κ2) is 5.35. The van der Waals surface area contributed by atoms with Crippen LogP contribution < -0.4 is 5.32 Å². The number of aliphatic hydroxyl groups is 1. The van der Waals surface area contributed by atoms with Crippen LogP contribution in [0.4, 0.5) is 5.82 Å². The lowest BCUT2D eigenvalue weighted by Crippen LogP contribution is -2.23. The van der Waals surface area contributed by atoms with Crippen molar-refractivity contribution < 1.29 is 5.11 Å². The third kappa shape index (κ3) is 3.20. The summed E-state index contributed by atoms with van der Waals surface area (Å²) in [4.78, 5) is 4.46. The third-order valence-electron chi connectivity index (χ3n) is 3.02. The van der Waals surface area contributed by atoms with Gasteiger partial charge >= 0.3 is 0 Å². The predicted octanol–water partition coefficient (Wildman–Crippen LogP) is 1.94. The Labute approximate surface area is 107 Å². The van der Waals surface area contributed by atoms with E-state index in [0.717, 1.165) is 30.9 Å². The fourth-order valence-corrected chi connectivity index (χ4v) is 1.89. The highest BCUT2D eigenvalue weighted by Gasteiger charge is 2.17. The summed E-state index contributed by atoms with van der Waals surface area (Å²) in [5.41, 5.74) is 0.990. The standard InChI is InChI=1S/C13H20N4O/c1-13(2,6-3-9-18)10-14-11-5-8-17-12(16-11)4-7-15-17/h4-5,7-8,18H,3,6,9-10H2,1-2H3,(H,14,16). The van der Waals surface area contributed by atoms with Crippen LogP contribution in [-0.2, 0) is 0 Å². The van der Waals surface area contributed by atoms with Gasteiger partial charge in [0, 0.05) is 25.4 Å². The number of rotatable bonds is 6. The van der Waals surface area contributed by atoms with E-state index in [4.69, 9.17) is 5.11 Å². The first kappa shape index (κ1) is 12.8. The normalized spacial score (nSPS) is 11.9. The Bertz CT molecular complexity index is 506. The molecule has 2 aromatic rings. The van der Waals surface area contributed by atoms with Gasteiger partial charge in [0.05, 0.1) is 6.20 Å². The highest BCUT2D eigenvalue weighted by Crippen LogP contribution is 2.22. The maximum Gasteiger partial charge on any atom is 0.157 e. The molecule has 0 fully saturated rings. The van der Waals surface area contributed by atoms with Crippen LogP contribution in [0.25, 0.3) is 5.65 Å². The van der Waals surface area contributed by atoms with Crippen LogP contribution in [0.15, 0.2) is 24.5 Å². The maximum absolute atomic E-state index is 8.87. The number of nitrogens with zero attached hydrogens (tertiary/aromatic N) is 3. The van der Waals surface area contributed by atoms with Crippen molar-refractivity contribution in [2.75, 3.05) is 18.5 Å². The average molecular weight is 248 g/mol. The molecule has 0 atom stereocenters. The number of aliphatic hydroxyl groups excluding tert-OH is 1. The van der Waals surface area contributed by atoms with Crippen LogP contribution in [0.2, 0.25) is 0 Å². The van der Waals surface area contributed by atoms with Crippen LogP contribution in [0.5, 0.6) is 0 Å². The van der Waals surface area contributed by atoms with E-state index in [-0.39, 0.29) is 12.0 Å². The molecule has 2 N–H and O–H groups in total. The fraction of sp³-hybridized carbons (Fsp3) is 0.538. The second-order valence-electron chi connectivity index (χ2n) is 5.29. The van der Waals surface area contributed by atoms with Gasteiger partial charge in [-0.15, -0.1) is 0 Å². The van der Waals surface area contributed by atoms with Crippen molar-refractivity contribution in [3.05, 3.63) is 24.5 Å². The van der Waals surface area contributed by atoms with E-state index in [0.29, 0.717) is 0 Å². The van der Waals surface area contributed by atoms with Gasteiger partial charge < -0.3 is 10.4 Å². The summed E-state index contributed by atoms with van der Waals surface area (Å²) in [6.45, 7) is 5.47. The Morgan fingerprint density at radius 2 is 2.22 bits per heavy atom. The summed E-state index contributed by atoms with van der Waals surface area (Å²) in [6, 6.07) is 3.80. The molecule has 98 valence electrons. The minimum Gasteiger partial charge on any atom is -0.396 e. The first-order valence-electron chi connectivity index (χ1n) is 6.26. The van der Waals surface area contributed by atoms with Gasteiger partial charge in [0.25, 0.3) is 0 Å². The van der Waals surface area contributed by atoms with Crippen molar-refractivity contribution in [1.82, 2.24) is 14.6 Å². The predicted molar refractivity (Wildman–Crippen MR) is 71.6 cm³/mol. The number of aromatic nitrogens is 3. The number of fused-ring (bicyclic) bond motifs is 1. The molecule has 2 heterocycles. The molecule has 0 saturated heterocycles. The molecule has 2 aromatic heterocycles. The molecule has 0 unspecified atom stereocenters. The molecule has 2 rings (SSSR count). The summed E-state index contributed by atoms with van der Waals surface area (Å²) in [5.74, 6) is 0.861. The van der Waals surface area contributed by atoms with Crippen LogP contribution in [-0.4, -0.2) is 32.9 Å². The number of hydrogen-bond acceptors (Lipinski definition) is 4. The molecule has 0 saturated carbocycles. The van der Waals surface area contributed by atoms with Crippen molar-refractivity contribution >= 4 is 11.5 Å². The second-order valence-corrected chi connectivity index (χ2v) is 5.29. The Morgan fingerprint density at radius 1 is 1.39 bits per heavy atom. The van der Waals surface area contributed by atoms with Gasteiger partial charge in [0.15, 0.2) is 5.65 Å². The summed E-state index contributed by atoms with van der Waals surface area (Å²) in [6.07, 6.45) is 5.46. The zero-order valence-corrected chi connectivity index (χ0v) is 10.9. The number of nitrogens with one attached hydrogen (secondary N) is 1. The average Bonchev–Trinajstić information content (AvgIpc) is 2.81. The van der Waals surface area contributed by atoms with Crippen molar-refractivity contribution in [3.8, 4) is 0 Å². The van der Waals surface area contributed by atoms with Gasteiger partial charge in [-0.05, 0) is 24.3 Å². The first-order valence-corrected chi connectivity index (χ1v) is 6.26. The molecule has 5 nitrogen and oxygen atoms in total. The number of anilines is 1. The molecule has 0 aliphatic heterocycles. The van der Waals surface area contributed by atoms with E-state index < -0.39 is 0 Å². The largest absolute Gasteiger partial charge is 0.396 e. The Hall–Kier alpha value is -1.62. The fourth-order valence-electron chi connectivity index (χ4n) is 1.89. The lowest BCUT2D eigenvalue weighted by Gasteiger charge is -2.24. The molecule has 0 aromatic carbocycles. The highest BCUT2D eigenvalue weighted by atomic mass is 16.2. The quantitative estimate of drug-likeness (QED) is 0.820. The van der Waals surface area contributed by atoms with Gasteiger partial charge in [-0.2, -0.15) is 5.10 Å². The van der Waals surface area contributed by atoms with E-state index in [2.05, 4.69) is 29.2 Å². The van der Waals surface area contributed by atoms with E-state index in [9.17, 15) is 0 Å². The zero-order chi connectivity index (χ0) is 13.0. The van der Waals surface area contributed by atoms with Gasteiger partial charge in [-0.25, -0.2) is 9.50 Å². The Morgan fingerprint density at radius 3 is 3.00 bits per heavy atom. The zero-order valence-electron chi connectivity index (χ0n) is 10.9. The Balaban J connectivity index is 1.96. The summed E-state index contributed by atoms with van der Waals surface area (Å²) in [5, 5.41) is 16.3. The molecule has 5 heteroatoms. The molecule has 0 bridgehead atoms. The smallest absolute Gasteiger partial charge is 0.157 e. The van der Waals surface area contributed by atoms with E-state index in [1.54, 1.807) is 10.7 Å². The molecular weight excluding hydrogens is 228 g/mol. The van der Waals surface area contributed by atoms with Crippen molar-refractivity contribution in [1.29, 1.82) is 0 Å². The van der Waals surface area contributed by atoms with Crippen LogP contribution in [0, 0.1) is 5.41 Å². The topological polar surface area (TPSA) is 62.5 Å². The SMILES string of the molecule is CC(C)(CCCO)CNc1ccn2nccc2n1. The van der Waals surface area contributed by atoms with Gasteiger partial charge in [0.1, 0.15) is 5.82 Å². The lowest BCUT2D eigenvalue weighted by atomic mass is 9.88. The van der Waals surface area contributed by atoms with Gasteiger partial charge in [0.2, 0.25) is 0 Å². The van der Waals surface area contributed by atoms with Crippen molar-refractivity contribution in [2.45, 2.75) is 26.7 Å². The van der Waals surface area contributed by atoms with Crippen LogP contribution >= 0.6 is 0 Å². The van der Waals surface area contributed by atoms with Crippen LogP contribution in [0.1, 0.15) is 26.7 Å². The Kier molecular flexibility index (Phi) is 3.81. The van der Waals surface area contributed by atoms with E-state index >= 15 is 0 Å². The summed E-state index contributed by atoms with van der Waals surface area (Å²) >= 11 is 0. The molecule has 0 aliphatic carbocycles. The molecule has 0 amide bonds. The molecule has 0 aliphatic rings. The summed E-state index contributed by atoms with van der Waals surface area (Å²) in [7, 11) is 0. The number of hydrogen-bond donors (Lipinski definition) is 2. The highest BCUT2D eigenvalue weighted by molar-refractivity contribution is 5.45. The van der Waals surface area contributed by atoms with Crippen LogP contribution in [0.3, 0.4) is 0 Å². The van der Waals surface area contributed by atoms with Gasteiger partial charge in [-0.1, -0.05) is 13.8 Å². The third-order valence-corrected chi connectivity index (χ3v) is 3.02. The lowest BCUT2D eigenvalue weighted by molar-refractivity contribution is 0.248. The van der Waals surface area contributed by atoms with E-state index in [1.165, 1.54) is 0 Å². The summed E-state index contributed by atoms with van der Waals surface area (Å²) < 4.78 is 1.74. The molecule has 0 radical (unpaired) electrons. The van der Waals surface area contributed by atoms with Gasteiger partial charge in [-0.3, -0.25) is 0 Å². The monoisotopic (exact) mass is 248 g/mol. The molecule has 0 spiro atoms.